The normalized spacial score (nSPS) is 25.5. The molecule has 0 unspecified atom stereocenters. The lowest BCUT2D eigenvalue weighted by Gasteiger charge is -2.17. The minimum absolute atomic E-state index is 0.0871. The topological polar surface area (TPSA) is 41.6 Å². The summed E-state index contributed by atoms with van der Waals surface area (Å²) in [6.45, 7) is 3.49. The Labute approximate surface area is 111 Å². The van der Waals surface area contributed by atoms with Crippen molar-refractivity contribution in [3.63, 3.8) is 0 Å². The van der Waals surface area contributed by atoms with Gasteiger partial charge in [0.1, 0.15) is 0 Å². The van der Waals surface area contributed by atoms with Gasteiger partial charge in [-0.15, -0.1) is 0 Å². The van der Waals surface area contributed by atoms with E-state index in [0.717, 1.165) is 26.2 Å². The predicted octanol–water partition coefficient (Wildman–Crippen LogP) is 1.13. The van der Waals surface area contributed by atoms with Crippen molar-refractivity contribution in [1.82, 2.24) is 10.2 Å². The van der Waals surface area contributed by atoms with E-state index < -0.39 is 5.82 Å². The lowest BCUT2D eigenvalue weighted by molar-refractivity contribution is 0.0781. The van der Waals surface area contributed by atoms with Crippen molar-refractivity contribution >= 4 is 5.91 Å². The van der Waals surface area contributed by atoms with Crippen LogP contribution in [0.3, 0.4) is 0 Å². The Morgan fingerprint density at radius 3 is 2.63 bits per heavy atom. The SMILES string of the molecule is COc1ccc(C(=O)N2C[C@H]3CNC[C@H]3C2)cc1F. The zero-order chi connectivity index (χ0) is 13.4. The van der Waals surface area contributed by atoms with Crippen molar-refractivity contribution in [2.24, 2.45) is 11.8 Å². The molecule has 2 aliphatic rings. The quantitative estimate of drug-likeness (QED) is 0.870. The van der Waals surface area contributed by atoms with Crippen molar-refractivity contribution in [3.8, 4) is 5.75 Å². The number of carbonyl (C=O) groups is 1. The Bertz CT molecular complexity index is 494. The molecule has 2 atom stereocenters. The van der Waals surface area contributed by atoms with Gasteiger partial charge in [0.25, 0.3) is 5.91 Å². The van der Waals surface area contributed by atoms with Crippen LogP contribution in [0.2, 0.25) is 0 Å². The van der Waals surface area contributed by atoms with Gasteiger partial charge in [0, 0.05) is 31.7 Å². The summed E-state index contributed by atoms with van der Waals surface area (Å²) in [5, 5.41) is 3.33. The summed E-state index contributed by atoms with van der Waals surface area (Å²) in [5.41, 5.74) is 0.395. The average molecular weight is 264 g/mol. The highest BCUT2D eigenvalue weighted by Gasteiger charge is 2.38. The molecule has 0 saturated carbocycles. The predicted molar refractivity (Wildman–Crippen MR) is 68.7 cm³/mol. The van der Waals surface area contributed by atoms with E-state index in [4.69, 9.17) is 4.74 Å². The van der Waals surface area contributed by atoms with Gasteiger partial charge in [-0.25, -0.2) is 4.39 Å². The Morgan fingerprint density at radius 2 is 2.05 bits per heavy atom. The van der Waals surface area contributed by atoms with Gasteiger partial charge in [0.15, 0.2) is 11.6 Å². The van der Waals surface area contributed by atoms with Gasteiger partial charge in [0.05, 0.1) is 7.11 Å². The molecule has 1 aromatic rings. The van der Waals surface area contributed by atoms with Crippen LogP contribution < -0.4 is 10.1 Å². The van der Waals surface area contributed by atoms with Crippen molar-refractivity contribution in [3.05, 3.63) is 29.6 Å². The molecular weight excluding hydrogens is 247 g/mol. The van der Waals surface area contributed by atoms with Crippen molar-refractivity contribution in [1.29, 1.82) is 0 Å². The molecule has 2 heterocycles. The van der Waals surface area contributed by atoms with Gasteiger partial charge in [-0.2, -0.15) is 0 Å². The zero-order valence-electron chi connectivity index (χ0n) is 10.9. The largest absolute Gasteiger partial charge is 0.494 e. The first-order valence-electron chi connectivity index (χ1n) is 6.52. The van der Waals surface area contributed by atoms with Crippen LogP contribution in [0.4, 0.5) is 4.39 Å². The summed E-state index contributed by atoms with van der Waals surface area (Å²) >= 11 is 0. The number of nitrogens with one attached hydrogen (secondary N) is 1. The first-order valence-corrected chi connectivity index (χ1v) is 6.52. The third-order valence-electron chi connectivity index (χ3n) is 4.08. The van der Waals surface area contributed by atoms with Crippen LogP contribution in [0, 0.1) is 17.7 Å². The monoisotopic (exact) mass is 264 g/mol. The van der Waals surface area contributed by atoms with Crippen LogP contribution >= 0.6 is 0 Å². The molecule has 2 aliphatic heterocycles. The number of rotatable bonds is 2. The average Bonchev–Trinajstić information content (AvgIpc) is 2.98. The number of ether oxygens (including phenoxy) is 1. The van der Waals surface area contributed by atoms with E-state index in [0.29, 0.717) is 17.4 Å². The van der Waals surface area contributed by atoms with Crippen molar-refractivity contribution in [2.45, 2.75) is 0 Å². The minimum atomic E-state index is -0.491. The van der Waals surface area contributed by atoms with Crippen LogP contribution in [-0.2, 0) is 0 Å². The molecule has 102 valence electrons. The third kappa shape index (κ3) is 2.18. The van der Waals surface area contributed by atoms with E-state index in [-0.39, 0.29) is 11.7 Å². The summed E-state index contributed by atoms with van der Waals surface area (Å²) in [5.74, 6) is 0.684. The van der Waals surface area contributed by atoms with Gasteiger partial charge in [-0.1, -0.05) is 0 Å². The molecule has 1 amide bonds. The Kier molecular flexibility index (Phi) is 3.14. The van der Waals surface area contributed by atoms with Gasteiger partial charge >= 0.3 is 0 Å². The number of benzene rings is 1. The summed E-state index contributed by atoms with van der Waals surface area (Å²) in [7, 11) is 1.41. The molecule has 1 N–H and O–H groups in total. The van der Waals surface area contributed by atoms with Gasteiger partial charge in [-0.05, 0) is 30.0 Å². The number of fused-ring (bicyclic) bond motifs is 1. The molecule has 3 rings (SSSR count). The summed E-state index contributed by atoms with van der Waals surface area (Å²) in [6, 6.07) is 4.38. The first kappa shape index (κ1) is 12.4. The van der Waals surface area contributed by atoms with E-state index in [1.54, 1.807) is 6.07 Å². The number of halogens is 1. The van der Waals surface area contributed by atoms with Crippen molar-refractivity contribution < 1.29 is 13.9 Å². The van der Waals surface area contributed by atoms with Crippen LogP contribution in [0.25, 0.3) is 0 Å². The van der Waals surface area contributed by atoms with Gasteiger partial charge in [-0.3, -0.25) is 4.79 Å². The number of hydrogen-bond acceptors (Lipinski definition) is 3. The van der Waals surface area contributed by atoms with Gasteiger partial charge in [0.2, 0.25) is 0 Å². The van der Waals surface area contributed by atoms with E-state index in [1.807, 2.05) is 4.90 Å². The molecule has 0 aromatic heterocycles. The Balaban J connectivity index is 1.75. The Morgan fingerprint density at radius 1 is 1.37 bits per heavy atom. The zero-order valence-corrected chi connectivity index (χ0v) is 10.9. The first-order chi connectivity index (χ1) is 9.19. The fourth-order valence-corrected chi connectivity index (χ4v) is 3.00. The number of hydrogen-bond donors (Lipinski definition) is 1. The standard InChI is InChI=1S/C14H17FN2O2/c1-19-13-3-2-9(4-12(13)15)14(18)17-7-10-5-16-6-11(10)8-17/h2-4,10-11,16H,5-8H2,1H3/t10-,11+. The highest BCUT2D eigenvalue weighted by molar-refractivity contribution is 5.94. The maximum atomic E-state index is 13.6. The molecule has 2 fully saturated rings. The number of nitrogens with zero attached hydrogens (tertiary/aromatic N) is 1. The van der Waals surface area contributed by atoms with Crippen LogP contribution in [0.5, 0.6) is 5.75 Å². The second-order valence-corrected chi connectivity index (χ2v) is 5.24. The van der Waals surface area contributed by atoms with Crippen LogP contribution in [0.1, 0.15) is 10.4 Å². The minimum Gasteiger partial charge on any atom is -0.494 e. The summed E-state index contributed by atoms with van der Waals surface area (Å²) < 4.78 is 18.5. The molecular formula is C14H17FN2O2. The summed E-state index contributed by atoms with van der Waals surface area (Å²) in [6.07, 6.45) is 0. The lowest BCUT2D eigenvalue weighted by Crippen LogP contribution is -2.31. The van der Waals surface area contributed by atoms with Crippen molar-refractivity contribution in [2.75, 3.05) is 33.3 Å². The van der Waals surface area contributed by atoms with E-state index in [1.165, 1.54) is 19.2 Å². The smallest absolute Gasteiger partial charge is 0.253 e. The fraction of sp³-hybridized carbons (Fsp3) is 0.500. The molecule has 2 saturated heterocycles. The lowest BCUT2D eigenvalue weighted by atomic mass is 10.0. The molecule has 0 radical (unpaired) electrons. The maximum absolute atomic E-state index is 13.6. The molecule has 0 spiro atoms. The molecule has 19 heavy (non-hydrogen) atoms. The summed E-state index contributed by atoms with van der Waals surface area (Å²) in [4.78, 5) is 14.2. The molecule has 5 heteroatoms. The number of amides is 1. The highest BCUT2D eigenvalue weighted by atomic mass is 19.1. The van der Waals surface area contributed by atoms with Crippen LogP contribution in [-0.4, -0.2) is 44.1 Å². The second-order valence-electron chi connectivity index (χ2n) is 5.24. The number of carbonyl (C=O) groups excluding carboxylic acids is 1. The maximum Gasteiger partial charge on any atom is 0.253 e. The van der Waals surface area contributed by atoms with Crippen LogP contribution in [0.15, 0.2) is 18.2 Å². The van der Waals surface area contributed by atoms with E-state index >= 15 is 0 Å². The third-order valence-corrected chi connectivity index (χ3v) is 4.08. The highest BCUT2D eigenvalue weighted by Crippen LogP contribution is 2.28. The molecule has 0 aliphatic carbocycles. The second kappa shape index (κ2) is 4.81. The van der Waals surface area contributed by atoms with Gasteiger partial charge < -0.3 is 15.0 Å². The van der Waals surface area contributed by atoms with E-state index in [9.17, 15) is 9.18 Å². The molecule has 1 aromatic carbocycles. The number of methoxy groups -OCH3 is 1. The Hall–Kier alpha value is -1.62. The molecule has 0 bridgehead atoms. The molecule has 4 nitrogen and oxygen atoms in total. The number of likely N-dealkylation sites (tertiary alicyclic amines) is 1. The fourth-order valence-electron chi connectivity index (χ4n) is 3.00. The van der Waals surface area contributed by atoms with E-state index in [2.05, 4.69) is 5.32 Å².